The van der Waals surface area contributed by atoms with Crippen molar-refractivity contribution in [3.05, 3.63) is 132 Å². The minimum absolute atomic E-state index is 0.422. The molecule has 4 aromatic carbocycles. The van der Waals surface area contributed by atoms with Crippen LogP contribution in [0.25, 0.3) is 0 Å². The van der Waals surface area contributed by atoms with Gasteiger partial charge >= 0.3 is 16.2 Å². The first-order valence-electron chi connectivity index (χ1n) is 13.7. The fourth-order valence-electron chi connectivity index (χ4n) is 4.87. The maximum atomic E-state index is 13.8. The maximum absolute atomic E-state index is 13.8. The lowest BCUT2D eigenvalue weighted by molar-refractivity contribution is -0.120. The lowest BCUT2D eigenvalue weighted by Crippen LogP contribution is -2.55. The summed E-state index contributed by atoms with van der Waals surface area (Å²) in [4.78, 5) is 28.6. The smallest absolute Gasteiger partial charge is 0.330 e. The van der Waals surface area contributed by atoms with Crippen molar-refractivity contribution in [2.24, 2.45) is 0 Å². The second-order valence-corrected chi connectivity index (χ2v) is 11.8. The van der Waals surface area contributed by atoms with E-state index in [1.807, 2.05) is 97.9 Å². The third-order valence-corrected chi connectivity index (χ3v) is 8.78. The summed E-state index contributed by atoms with van der Waals surface area (Å²) in [7, 11) is 0.199. The molecule has 0 aliphatic rings. The lowest BCUT2D eigenvalue weighted by Gasteiger charge is -2.31. The summed E-state index contributed by atoms with van der Waals surface area (Å²) >= 11 is 0. The number of methoxy groups -OCH3 is 1. The first-order chi connectivity index (χ1) is 20.6. The molecule has 0 saturated heterocycles. The van der Waals surface area contributed by atoms with Crippen LogP contribution in [0.4, 0.5) is 10.5 Å². The average Bonchev–Trinajstić information content (AvgIpc) is 3.04. The van der Waals surface area contributed by atoms with Gasteiger partial charge in [-0.3, -0.25) is 4.79 Å². The second kappa shape index (κ2) is 14.0. The van der Waals surface area contributed by atoms with Crippen LogP contribution in [0.5, 0.6) is 5.75 Å². The van der Waals surface area contributed by atoms with Crippen LogP contribution < -0.4 is 19.7 Å². The number of nitrogens with zero attached hydrogens (tertiary/aromatic N) is 2. The second-order valence-electron chi connectivity index (χ2n) is 10.1. The van der Waals surface area contributed by atoms with Gasteiger partial charge in [0.25, 0.3) is 0 Å². The van der Waals surface area contributed by atoms with Crippen molar-refractivity contribution < 1.29 is 22.7 Å². The number of carbonyl (C=O) groups excluding carboxylic acids is 2. The predicted octanol–water partition coefficient (Wildman–Crippen LogP) is 5.10. The molecule has 0 heterocycles. The normalized spacial score (nSPS) is 12.8. The quantitative estimate of drug-likeness (QED) is 0.249. The van der Waals surface area contributed by atoms with Crippen molar-refractivity contribution in [1.29, 1.82) is 0 Å². The van der Waals surface area contributed by atoms with Crippen LogP contribution in [-0.4, -0.2) is 51.9 Å². The highest BCUT2D eigenvalue weighted by molar-refractivity contribution is 7.87. The molecular formula is C33H36N4O5S. The minimum atomic E-state index is -4.36. The largest absolute Gasteiger partial charge is 0.497 e. The Bertz CT molecular complexity index is 1560. The molecule has 0 radical (unpaired) electrons. The van der Waals surface area contributed by atoms with Gasteiger partial charge in [0.05, 0.1) is 13.2 Å². The molecule has 43 heavy (non-hydrogen) atoms. The molecule has 0 aliphatic heterocycles. The predicted molar refractivity (Wildman–Crippen MR) is 168 cm³/mol. The molecule has 3 amide bonds. The van der Waals surface area contributed by atoms with Crippen molar-refractivity contribution in [3.8, 4) is 5.75 Å². The molecule has 9 nitrogen and oxygen atoms in total. The number of anilines is 1. The first-order valence-corrected chi connectivity index (χ1v) is 15.2. The van der Waals surface area contributed by atoms with Crippen LogP contribution in [0.1, 0.15) is 35.6 Å². The van der Waals surface area contributed by atoms with Crippen molar-refractivity contribution in [2.75, 3.05) is 26.1 Å². The van der Waals surface area contributed by atoms with Gasteiger partial charge in [-0.1, -0.05) is 97.9 Å². The van der Waals surface area contributed by atoms with E-state index in [9.17, 15) is 18.0 Å². The van der Waals surface area contributed by atoms with Gasteiger partial charge in [0.2, 0.25) is 5.91 Å². The molecule has 2 N–H and O–H groups in total. The highest BCUT2D eigenvalue weighted by Crippen LogP contribution is 2.29. The molecule has 0 aliphatic carbocycles. The number of rotatable bonds is 11. The molecule has 0 bridgehead atoms. The zero-order valence-corrected chi connectivity index (χ0v) is 25.4. The van der Waals surface area contributed by atoms with Gasteiger partial charge in [-0.25, -0.2) is 9.52 Å². The van der Waals surface area contributed by atoms with Gasteiger partial charge in [-0.15, -0.1) is 0 Å². The topological polar surface area (TPSA) is 108 Å². The number of benzene rings is 4. The number of ether oxygens (including phenoxy) is 1. The lowest BCUT2D eigenvalue weighted by atomic mass is 9.92. The van der Waals surface area contributed by atoms with E-state index >= 15 is 0 Å². The van der Waals surface area contributed by atoms with Gasteiger partial charge in [0.15, 0.2) is 0 Å². The number of carbonyl (C=O) groups is 2. The Labute approximate surface area is 253 Å². The minimum Gasteiger partial charge on any atom is -0.497 e. The summed E-state index contributed by atoms with van der Waals surface area (Å²) < 4.78 is 35.6. The van der Waals surface area contributed by atoms with Gasteiger partial charge < -0.3 is 15.0 Å². The number of amides is 3. The van der Waals surface area contributed by atoms with Crippen molar-refractivity contribution in [3.63, 3.8) is 0 Å². The van der Waals surface area contributed by atoms with Crippen LogP contribution in [0.2, 0.25) is 0 Å². The Morgan fingerprint density at radius 2 is 1.19 bits per heavy atom. The van der Waals surface area contributed by atoms with Crippen LogP contribution in [0.15, 0.2) is 115 Å². The number of urea groups is 1. The van der Waals surface area contributed by atoms with Crippen molar-refractivity contribution in [1.82, 2.24) is 14.3 Å². The Kier molecular flexibility index (Phi) is 10.2. The summed E-state index contributed by atoms with van der Waals surface area (Å²) in [6.07, 6.45) is 0. The third-order valence-electron chi connectivity index (χ3n) is 7.36. The van der Waals surface area contributed by atoms with Gasteiger partial charge in [0, 0.05) is 25.7 Å². The molecule has 224 valence electrons. The molecule has 2 atom stereocenters. The Morgan fingerprint density at radius 3 is 1.65 bits per heavy atom. The summed E-state index contributed by atoms with van der Waals surface area (Å²) in [6, 6.07) is 31.7. The van der Waals surface area contributed by atoms with Crippen molar-refractivity contribution >= 4 is 27.8 Å². The molecule has 10 heteroatoms. The standard InChI is InChI=1S/C33H36N4O5S/c1-24(25-14-8-5-9-15-25)30(32(38)36(2)28-20-22-29(42-4)23-21-28)34-33(39)35-43(40,41)37(3)31(26-16-10-6-11-17-26)27-18-12-7-13-19-27/h5-24,30-31H,1-4H3,(H2,34,35,39)/t24-,30?/m1/s1. The molecule has 4 rings (SSSR count). The van der Waals surface area contributed by atoms with Crippen LogP contribution in [-0.2, 0) is 15.0 Å². The van der Waals surface area contributed by atoms with E-state index in [0.29, 0.717) is 11.4 Å². The van der Waals surface area contributed by atoms with Crippen molar-refractivity contribution in [2.45, 2.75) is 24.9 Å². The zero-order chi connectivity index (χ0) is 31.0. The first kappa shape index (κ1) is 31.3. The van der Waals surface area contributed by atoms with Gasteiger partial charge in [-0.2, -0.15) is 12.7 Å². The Morgan fingerprint density at radius 1 is 0.721 bits per heavy atom. The van der Waals surface area contributed by atoms with Gasteiger partial charge in [-0.05, 0) is 41.0 Å². The SMILES string of the molecule is COc1ccc(N(C)C(=O)C(NC(=O)NS(=O)(=O)N(C)C(c2ccccc2)c2ccccc2)[C@H](C)c2ccccc2)cc1. The number of nitrogens with one attached hydrogen (secondary N) is 2. The Balaban J connectivity index is 1.59. The van der Waals surface area contributed by atoms with Crippen LogP contribution >= 0.6 is 0 Å². The number of hydrogen-bond acceptors (Lipinski definition) is 5. The summed E-state index contributed by atoms with van der Waals surface area (Å²) in [5.74, 6) is -0.272. The highest BCUT2D eigenvalue weighted by atomic mass is 32.2. The van der Waals surface area contributed by atoms with E-state index in [1.54, 1.807) is 38.4 Å². The Hall–Kier alpha value is -4.67. The van der Waals surface area contributed by atoms with E-state index < -0.39 is 40.1 Å². The van der Waals surface area contributed by atoms with E-state index in [0.717, 1.165) is 21.0 Å². The molecule has 0 saturated carbocycles. The molecule has 1 unspecified atom stereocenters. The molecule has 0 spiro atoms. The summed E-state index contributed by atoms with van der Waals surface area (Å²) in [5, 5.41) is 2.65. The zero-order valence-electron chi connectivity index (χ0n) is 24.5. The summed E-state index contributed by atoms with van der Waals surface area (Å²) in [6.45, 7) is 1.81. The maximum Gasteiger partial charge on any atom is 0.330 e. The van der Waals surface area contributed by atoms with Crippen LogP contribution in [0.3, 0.4) is 0 Å². The highest BCUT2D eigenvalue weighted by Gasteiger charge is 2.34. The molecule has 0 fully saturated rings. The average molecular weight is 601 g/mol. The van der Waals surface area contributed by atoms with E-state index in [2.05, 4.69) is 10.0 Å². The van der Waals surface area contributed by atoms with E-state index in [1.165, 1.54) is 11.9 Å². The molecule has 0 aromatic heterocycles. The van der Waals surface area contributed by atoms with E-state index in [4.69, 9.17) is 4.74 Å². The monoisotopic (exact) mass is 600 g/mol. The number of likely N-dealkylation sites (N-methyl/N-ethyl adjacent to an activating group) is 1. The molecule has 4 aromatic rings. The number of hydrogen-bond donors (Lipinski definition) is 2. The fraction of sp³-hybridized carbons (Fsp3) is 0.212. The van der Waals surface area contributed by atoms with Crippen LogP contribution in [0, 0.1) is 0 Å². The summed E-state index contributed by atoms with van der Waals surface area (Å²) in [5.41, 5.74) is 2.85. The molecular weight excluding hydrogens is 564 g/mol. The van der Waals surface area contributed by atoms with Gasteiger partial charge in [0.1, 0.15) is 11.8 Å². The van der Waals surface area contributed by atoms with E-state index in [-0.39, 0.29) is 0 Å². The third kappa shape index (κ3) is 7.59. The fourth-order valence-corrected chi connectivity index (χ4v) is 5.83.